The number of aliphatic hydroxyl groups excluding tert-OH is 1. The second kappa shape index (κ2) is 2.29. The lowest BCUT2D eigenvalue weighted by Crippen LogP contribution is -2.06. The summed E-state index contributed by atoms with van der Waals surface area (Å²) in [5, 5.41) is 9.43. The first kappa shape index (κ1) is 6.76. The smallest absolute Gasteiger partial charge is 0.0826 e. The highest BCUT2D eigenvalue weighted by Crippen LogP contribution is 2.34. The van der Waals surface area contributed by atoms with Gasteiger partial charge in [0.05, 0.1) is 17.8 Å². The number of aliphatic hydroxyl groups is 1. The summed E-state index contributed by atoms with van der Waals surface area (Å²) in [6, 6.07) is 3.61. The van der Waals surface area contributed by atoms with Crippen molar-refractivity contribution in [3.8, 4) is 0 Å². The molecule has 1 aliphatic rings. The van der Waals surface area contributed by atoms with Crippen molar-refractivity contribution in [2.24, 2.45) is 5.73 Å². The molecule has 0 saturated heterocycles. The summed E-state index contributed by atoms with van der Waals surface area (Å²) in [6.07, 6.45) is 1.90. The fraction of sp³-hybridized carbons (Fsp3) is 0.375. The molecule has 58 valence electrons. The number of rotatable bonds is 0. The van der Waals surface area contributed by atoms with Gasteiger partial charge in [-0.2, -0.15) is 0 Å². The number of aromatic nitrogens is 1. The van der Waals surface area contributed by atoms with Crippen molar-refractivity contribution >= 4 is 0 Å². The zero-order chi connectivity index (χ0) is 7.84. The molecule has 1 aliphatic carbocycles. The molecular formula is C8H10N2O. The largest absolute Gasteiger partial charge is 0.388 e. The van der Waals surface area contributed by atoms with E-state index < -0.39 is 6.10 Å². The molecule has 0 unspecified atom stereocenters. The van der Waals surface area contributed by atoms with Gasteiger partial charge in [-0.1, -0.05) is 6.07 Å². The third-order valence-electron chi connectivity index (χ3n) is 2.06. The highest BCUT2D eigenvalue weighted by Gasteiger charge is 2.27. The summed E-state index contributed by atoms with van der Waals surface area (Å²) in [7, 11) is 0. The molecule has 0 radical (unpaired) electrons. The van der Waals surface area contributed by atoms with E-state index in [2.05, 4.69) is 4.98 Å². The van der Waals surface area contributed by atoms with E-state index in [1.54, 1.807) is 6.20 Å². The van der Waals surface area contributed by atoms with Crippen molar-refractivity contribution < 1.29 is 5.11 Å². The highest BCUT2D eigenvalue weighted by atomic mass is 16.3. The second-order valence-corrected chi connectivity index (χ2v) is 2.84. The van der Waals surface area contributed by atoms with E-state index in [0.29, 0.717) is 6.42 Å². The Hall–Kier alpha value is -0.930. The molecule has 0 aromatic carbocycles. The van der Waals surface area contributed by atoms with Gasteiger partial charge in [0, 0.05) is 11.8 Å². The topological polar surface area (TPSA) is 59.1 Å². The minimum absolute atomic E-state index is 0.0822. The summed E-state index contributed by atoms with van der Waals surface area (Å²) >= 11 is 0. The second-order valence-electron chi connectivity index (χ2n) is 2.84. The van der Waals surface area contributed by atoms with Crippen LogP contribution in [0.25, 0.3) is 0 Å². The Morgan fingerprint density at radius 2 is 2.45 bits per heavy atom. The molecule has 1 heterocycles. The fourth-order valence-electron chi connectivity index (χ4n) is 1.50. The number of pyridine rings is 1. The number of fused-ring (bicyclic) bond motifs is 1. The van der Waals surface area contributed by atoms with E-state index in [1.165, 1.54) is 0 Å². The van der Waals surface area contributed by atoms with Crippen molar-refractivity contribution in [1.82, 2.24) is 4.98 Å². The first-order valence-electron chi connectivity index (χ1n) is 3.67. The highest BCUT2D eigenvalue weighted by molar-refractivity contribution is 5.29. The van der Waals surface area contributed by atoms with Crippen molar-refractivity contribution in [3.63, 3.8) is 0 Å². The number of nitrogens with zero attached hydrogens (tertiary/aromatic N) is 1. The zero-order valence-corrected chi connectivity index (χ0v) is 6.07. The van der Waals surface area contributed by atoms with E-state index in [-0.39, 0.29) is 6.04 Å². The van der Waals surface area contributed by atoms with E-state index in [0.717, 1.165) is 11.3 Å². The molecule has 1 aromatic rings. The van der Waals surface area contributed by atoms with Crippen LogP contribution in [0.15, 0.2) is 18.3 Å². The van der Waals surface area contributed by atoms with Crippen LogP contribution in [0.5, 0.6) is 0 Å². The SMILES string of the molecule is N[C@H]1C[C@H](O)c2cccnc21. The van der Waals surface area contributed by atoms with Crippen LogP contribution in [0.3, 0.4) is 0 Å². The normalized spacial score (nSPS) is 28.5. The van der Waals surface area contributed by atoms with Gasteiger partial charge in [-0.3, -0.25) is 4.98 Å². The van der Waals surface area contributed by atoms with Gasteiger partial charge in [-0.05, 0) is 12.5 Å². The molecule has 11 heavy (non-hydrogen) atoms. The van der Waals surface area contributed by atoms with Crippen molar-refractivity contribution in [2.45, 2.75) is 18.6 Å². The Morgan fingerprint density at radius 3 is 3.18 bits per heavy atom. The lowest BCUT2D eigenvalue weighted by Gasteiger charge is -2.00. The maximum atomic E-state index is 9.43. The molecule has 0 fully saturated rings. The molecule has 3 nitrogen and oxygen atoms in total. The van der Waals surface area contributed by atoms with Gasteiger partial charge in [0.2, 0.25) is 0 Å². The quantitative estimate of drug-likeness (QED) is 0.566. The van der Waals surface area contributed by atoms with Crippen LogP contribution in [-0.4, -0.2) is 10.1 Å². The average Bonchev–Trinajstić information content (AvgIpc) is 2.30. The summed E-state index contributed by atoms with van der Waals surface area (Å²) in [4.78, 5) is 4.11. The van der Waals surface area contributed by atoms with Crippen LogP contribution in [-0.2, 0) is 0 Å². The first-order valence-corrected chi connectivity index (χ1v) is 3.67. The minimum atomic E-state index is -0.409. The van der Waals surface area contributed by atoms with Gasteiger partial charge in [-0.25, -0.2) is 0 Å². The molecule has 2 atom stereocenters. The molecule has 2 rings (SSSR count). The van der Waals surface area contributed by atoms with Crippen LogP contribution in [0, 0.1) is 0 Å². The van der Waals surface area contributed by atoms with Gasteiger partial charge in [0.25, 0.3) is 0 Å². The summed E-state index contributed by atoms with van der Waals surface area (Å²) in [6.45, 7) is 0. The van der Waals surface area contributed by atoms with Crippen LogP contribution < -0.4 is 5.73 Å². The Labute approximate surface area is 64.9 Å². The van der Waals surface area contributed by atoms with Gasteiger partial charge in [0.1, 0.15) is 0 Å². The molecule has 1 aromatic heterocycles. The molecule has 0 spiro atoms. The van der Waals surface area contributed by atoms with Gasteiger partial charge in [-0.15, -0.1) is 0 Å². The van der Waals surface area contributed by atoms with E-state index in [9.17, 15) is 5.11 Å². The Bertz CT molecular complexity index is 248. The third-order valence-corrected chi connectivity index (χ3v) is 2.06. The number of nitrogens with two attached hydrogens (primary N) is 1. The first-order chi connectivity index (χ1) is 5.29. The van der Waals surface area contributed by atoms with Gasteiger partial charge >= 0.3 is 0 Å². The minimum Gasteiger partial charge on any atom is -0.388 e. The van der Waals surface area contributed by atoms with E-state index in [4.69, 9.17) is 5.73 Å². The Morgan fingerprint density at radius 1 is 1.64 bits per heavy atom. The van der Waals surface area contributed by atoms with E-state index in [1.807, 2.05) is 12.1 Å². The summed E-state index contributed by atoms with van der Waals surface area (Å²) in [5.41, 5.74) is 7.45. The van der Waals surface area contributed by atoms with E-state index >= 15 is 0 Å². The average molecular weight is 150 g/mol. The van der Waals surface area contributed by atoms with Crippen molar-refractivity contribution in [2.75, 3.05) is 0 Å². The van der Waals surface area contributed by atoms with Crippen LogP contribution in [0.1, 0.15) is 29.8 Å². The lowest BCUT2D eigenvalue weighted by atomic mass is 10.2. The zero-order valence-electron chi connectivity index (χ0n) is 6.07. The summed E-state index contributed by atoms with van der Waals surface area (Å²) < 4.78 is 0. The lowest BCUT2D eigenvalue weighted by molar-refractivity contribution is 0.173. The Kier molecular flexibility index (Phi) is 1.41. The molecule has 0 bridgehead atoms. The molecule has 3 heteroatoms. The van der Waals surface area contributed by atoms with Gasteiger partial charge in [0.15, 0.2) is 0 Å². The van der Waals surface area contributed by atoms with Crippen LogP contribution >= 0.6 is 0 Å². The Balaban J connectivity index is 2.52. The predicted molar refractivity (Wildman–Crippen MR) is 40.7 cm³/mol. The number of hydrogen-bond donors (Lipinski definition) is 2. The molecular weight excluding hydrogens is 140 g/mol. The summed E-state index contributed by atoms with van der Waals surface area (Å²) in [5.74, 6) is 0. The maximum absolute atomic E-state index is 9.43. The molecule has 3 N–H and O–H groups in total. The molecule has 0 amide bonds. The third kappa shape index (κ3) is 0.931. The molecule has 0 saturated carbocycles. The monoisotopic (exact) mass is 150 g/mol. The fourth-order valence-corrected chi connectivity index (χ4v) is 1.50. The van der Waals surface area contributed by atoms with Crippen molar-refractivity contribution in [3.05, 3.63) is 29.6 Å². The number of hydrogen-bond acceptors (Lipinski definition) is 3. The predicted octanol–water partition coefficient (Wildman–Crippen LogP) is 0.518. The van der Waals surface area contributed by atoms with Crippen LogP contribution in [0.4, 0.5) is 0 Å². The standard InChI is InChI=1S/C8H10N2O/c9-6-4-7(11)5-2-1-3-10-8(5)6/h1-3,6-7,11H,4,9H2/t6-,7-/m0/s1. The van der Waals surface area contributed by atoms with Crippen LogP contribution in [0.2, 0.25) is 0 Å². The maximum Gasteiger partial charge on any atom is 0.0826 e. The molecule has 0 aliphatic heterocycles. The van der Waals surface area contributed by atoms with Gasteiger partial charge < -0.3 is 10.8 Å². The van der Waals surface area contributed by atoms with Crippen molar-refractivity contribution in [1.29, 1.82) is 0 Å².